The predicted molar refractivity (Wildman–Crippen MR) is 14.8 cm³/mol. The van der Waals surface area contributed by atoms with Crippen LogP contribution >= 0.6 is 0 Å². The first-order valence-corrected chi connectivity index (χ1v) is 2.14. The zero-order valence-electron chi connectivity index (χ0n) is 2.56. The standard InChI is InChI=1S/CHF2O2S/c2-1(3)6(4)5/h1H. The van der Waals surface area contributed by atoms with Crippen LogP contribution in [-0.2, 0) is 15.6 Å². The van der Waals surface area contributed by atoms with Crippen molar-refractivity contribution in [3.63, 3.8) is 0 Å². The lowest BCUT2D eigenvalue weighted by atomic mass is 11.7. The Morgan fingerprint density at radius 1 is 1.50 bits per heavy atom. The molecule has 0 heterocycles. The summed E-state index contributed by atoms with van der Waals surface area (Å²) in [4.78, 5) is 0. The Morgan fingerprint density at radius 3 is 1.67 bits per heavy atom. The minimum Gasteiger partial charge on any atom is -0.221 e. The lowest BCUT2D eigenvalue weighted by molar-refractivity contribution is 0.224. The summed E-state index contributed by atoms with van der Waals surface area (Å²) in [5, 5.41) is 0. The van der Waals surface area contributed by atoms with E-state index < -0.39 is 16.8 Å². The fourth-order valence-electron chi connectivity index (χ4n) is 0. The zero-order valence-corrected chi connectivity index (χ0v) is 3.37. The van der Waals surface area contributed by atoms with Crippen LogP contribution in [0.1, 0.15) is 0 Å². The van der Waals surface area contributed by atoms with Gasteiger partial charge >= 0.3 is 5.76 Å². The number of hydrogen-bond donors (Lipinski definition) is 0. The van der Waals surface area contributed by atoms with E-state index in [9.17, 15) is 8.78 Å². The molecule has 0 saturated carbocycles. The quantitative estimate of drug-likeness (QED) is 0.484. The molecule has 5 heteroatoms. The zero-order chi connectivity index (χ0) is 5.15. The molecule has 0 fully saturated rings. The Morgan fingerprint density at radius 2 is 1.67 bits per heavy atom. The van der Waals surface area contributed by atoms with Crippen molar-refractivity contribution in [2.24, 2.45) is 0 Å². The predicted octanol–water partition coefficient (Wildman–Crippen LogP) is 0.303. The highest BCUT2D eigenvalue weighted by molar-refractivity contribution is 7.79. The largest absolute Gasteiger partial charge is 0.339 e. The molecule has 0 aliphatic heterocycles. The summed E-state index contributed by atoms with van der Waals surface area (Å²) >= 11 is -3.20. The first-order valence-electron chi connectivity index (χ1n) is 1.01. The number of rotatable bonds is 1. The third-order valence-corrected chi connectivity index (χ3v) is 0.436. The summed E-state index contributed by atoms with van der Waals surface area (Å²) < 4.78 is 39.0. The molecule has 1 radical (unpaired) electrons. The summed E-state index contributed by atoms with van der Waals surface area (Å²) in [7, 11) is 0. The molecular formula is CHF2O2S. The molecule has 1 unspecified atom stereocenters. The van der Waals surface area contributed by atoms with Crippen LogP contribution in [-0.4, -0.2) is 9.97 Å². The van der Waals surface area contributed by atoms with Gasteiger partial charge in [0.25, 0.3) is 11.1 Å². The monoisotopic (exact) mass is 115 g/mol. The smallest absolute Gasteiger partial charge is 0.221 e. The average molecular weight is 115 g/mol. The number of alkyl halides is 2. The van der Waals surface area contributed by atoms with Crippen molar-refractivity contribution < 1.29 is 17.5 Å². The Balaban J connectivity index is 3.26. The molecular weight excluding hydrogens is 114 g/mol. The third kappa shape index (κ3) is 2.22. The Labute approximate surface area is 35.4 Å². The molecule has 0 aliphatic carbocycles. The fraction of sp³-hybridized carbons (Fsp3) is 1.00. The molecule has 0 amide bonds. The van der Waals surface area contributed by atoms with Gasteiger partial charge in [-0.3, -0.25) is 0 Å². The lowest BCUT2D eigenvalue weighted by Gasteiger charge is -1.79. The maximum Gasteiger partial charge on any atom is 0.339 e. The van der Waals surface area contributed by atoms with Gasteiger partial charge < -0.3 is 0 Å². The molecule has 0 bridgehead atoms. The van der Waals surface area contributed by atoms with E-state index in [1.165, 1.54) is 0 Å². The van der Waals surface area contributed by atoms with Gasteiger partial charge in [-0.1, -0.05) is 0 Å². The van der Waals surface area contributed by atoms with Crippen LogP contribution in [0.3, 0.4) is 0 Å². The van der Waals surface area contributed by atoms with Gasteiger partial charge in [0.05, 0.1) is 0 Å². The summed E-state index contributed by atoms with van der Waals surface area (Å²) in [6, 6.07) is 0. The average Bonchev–Trinajstić information content (AvgIpc) is 1.36. The molecule has 0 aromatic heterocycles. The van der Waals surface area contributed by atoms with Crippen LogP contribution < -0.4 is 0 Å². The molecule has 2 nitrogen and oxygen atoms in total. The van der Waals surface area contributed by atoms with Crippen LogP contribution in [0.4, 0.5) is 8.78 Å². The molecule has 0 aliphatic rings. The van der Waals surface area contributed by atoms with Gasteiger partial charge in [0.1, 0.15) is 0 Å². The number of halogens is 2. The van der Waals surface area contributed by atoms with E-state index in [-0.39, 0.29) is 0 Å². The molecule has 0 N–H and O–H groups in total. The van der Waals surface area contributed by atoms with Gasteiger partial charge in [-0.15, -0.1) is 4.55 Å². The van der Waals surface area contributed by atoms with Gasteiger partial charge in [0, 0.05) is 0 Å². The molecule has 0 aromatic carbocycles. The second kappa shape index (κ2) is 2.20. The molecule has 0 spiro atoms. The molecule has 6 heavy (non-hydrogen) atoms. The minimum absolute atomic E-state index is 3.20. The molecule has 1 atom stereocenters. The molecule has 37 valence electrons. The van der Waals surface area contributed by atoms with E-state index in [0.29, 0.717) is 0 Å². The normalized spacial score (nSPS) is 15.3. The van der Waals surface area contributed by atoms with Crippen LogP contribution in [0.15, 0.2) is 0 Å². The van der Waals surface area contributed by atoms with E-state index in [0.717, 1.165) is 0 Å². The number of hydrogen-bond acceptors (Lipinski definition) is 1. The molecule has 0 rings (SSSR count). The first-order chi connectivity index (χ1) is 2.64. The van der Waals surface area contributed by atoms with Crippen molar-refractivity contribution in [3.05, 3.63) is 0 Å². The fourth-order valence-corrected chi connectivity index (χ4v) is 0. The summed E-state index contributed by atoms with van der Waals surface area (Å²) in [5.74, 6) is -3.23. The van der Waals surface area contributed by atoms with Crippen molar-refractivity contribution in [3.8, 4) is 0 Å². The van der Waals surface area contributed by atoms with E-state index in [1.54, 1.807) is 0 Å². The van der Waals surface area contributed by atoms with Crippen LogP contribution in [0.25, 0.3) is 0 Å². The van der Waals surface area contributed by atoms with Crippen molar-refractivity contribution in [1.29, 1.82) is 0 Å². The van der Waals surface area contributed by atoms with Crippen molar-refractivity contribution in [2.75, 3.05) is 0 Å². The summed E-state index contributed by atoms with van der Waals surface area (Å²) in [6.07, 6.45) is 0. The Bertz CT molecular complexity index is 62.6. The third-order valence-electron chi connectivity index (χ3n) is 0.145. The van der Waals surface area contributed by atoms with E-state index in [4.69, 9.17) is 8.76 Å². The second-order valence-electron chi connectivity index (χ2n) is 0.521. The van der Waals surface area contributed by atoms with Crippen LogP contribution in [0, 0.1) is 0 Å². The van der Waals surface area contributed by atoms with Gasteiger partial charge in [-0.2, -0.15) is 8.78 Å². The van der Waals surface area contributed by atoms with Gasteiger partial charge in [0.2, 0.25) is 0 Å². The highest BCUT2D eigenvalue weighted by Gasteiger charge is 2.09. The van der Waals surface area contributed by atoms with Crippen LogP contribution in [0.2, 0.25) is 0 Å². The maximum absolute atomic E-state index is 10.5. The summed E-state index contributed by atoms with van der Waals surface area (Å²) in [6.45, 7) is 0. The highest BCUT2D eigenvalue weighted by atomic mass is 32.2. The Kier molecular flexibility index (Phi) is 2.19. The minimum atomic E-state index is -3.23. The van der Waals surface area contributed by atoms with E-state index in [2.05, 4.69) is 0 Å². The summed E-state index contributed by atoms with van der Waals surface area (Å²) in [5.41, 5.74) is 0. The van der Waals surface area contributed by atoms with E-state index in [1.807, 2.05) is 0 Å². The van der Waals surface area contributed by atoms with Gasteiger partial charge in [-0.05, 0) is 0 Å². The highest BCUT2D eigenvalue weighted by Crippen LogP contribution is 1.93. The van der Waals surface area contributed by atoms with Crippen LogP contribution in [0.5, 0.6) is 0 Å². The van der Waals surface area contributed by atoms with E-state index >= 15 is 0 Å². The van der Waals surface area contributed by atoms with Gasteiger partial charge in [-0.25, -0.2) is 4.21 Å². The maximum atomic E-state index is 10.5. The Hall–Kier alpha value is -0.0300. The SMILES string of the molecule is [O]S(=O)C(F)F. The van der Waals surface area contributed by atoms with Crippen molar-refractivity contribution >= 4 is 11.1 Å². The molecule has 0 aromatic rings. The van der Waals surface area contributed by atoms with Crippen molar-refractivity contribution in [2.45, 2.75) is 5.76 Å². The van der Waals surface area contributed by atoms with Gasteiger partial charge in [0.15, 0.2) is 0 Å². The second-order valence-corrected chi connectivity index (χ2v) is 1.40. The van der Waals surface area contributed by atoms with Crippen molar-refractivity contribution in [1.82, 2.24) is 0 Å². The molecule has 0 saturated heterocycles. The lowest BCUT2D eigenvalue weighted by Crippen LogP contribution is -1.95. The topological polar surface area (TPSA) is 37.0 Å². The first kappa shape index (κ1) is 5.97.